The molecule has 1 aliphatic heterocycles. The summed E-state index contributed by atoms with van der Waals surface area (Å²) in [5, 5.41) is 5.45. The topological polar surface area (TPSA) is 29.1 Å². The summed E-state index contributed by atoms with van der Waals surface area (Å²) < 4.78 is 0. The van der Waals surface area contributed by atoms with Gasteiger partial charge in [-0.15, -0.1) is 0 Å². The standard InChI is InChI=1S/C19H15NO/c21-18-12-16(13-6-2-1-3-7-13)19-15-9-5-4-8-14(15)10-11-17(19)20-18/h1-11,16H,12H2,(H,20,21)/t16-/m0/s1. The molecule has 1 heterocycles. The Morgan fingerprint density at radius 1 is 0.857 bits per heavy atom. The van der Waals surface area contributed by atoms with Crippen LogP contribution in [0, 0.1) is 0 Å². The van der Waals surface area contributed by atoms with E-state index < -0.39 is 0 Å². The normalized spacial score (nSPS) is 17.3. The highest BCUT2D eigenvalue weighted by Gasteiger charge is 2.27. The summed E-state index contributed by atoms with van der Waals surface area (Å²) in [5.74, 6) is 0.215. The van der Waals surface area contributed by atoms with Crippen molar-refractivity contribution in [1.29, 1.82) is 0 Å². The van der Waals surface area contributed by atoms with E-state index in [1.807, 2.05) is 30.3 Å². The minimum atomic E-state index is 0.0895. The zero-order chi connectivity index (χ0) is 14.2. The SMILES string of the molecule is O=C1C[C@@H](c2ccccc2)c2c(ccc3ccccc23)N1. The van der Waals surface area contributed by atoms with Crippen LogP contribution in [0.2, 0.25) is 0 Å². The molecule has 0 radical (unpaired) electrons. The zero-order valence-electron chi connectivity index (χ0n) is 11.5. The van der Waals surface area contributed by atoms with Crippen LogP contribution in [-0.4, -0.2) is 5.91 Å². The third-order valence-corrected chi connectivity index (χ3v) is 4.18. The van der Waals surface area contributed by atoms with Crippen LogP contribution >= 0.6 is 0 Å². The molecular weight excluding hydrogens is 258 g/mol. The van der Waals surface area contributed by atoms with E-state index in [9.17, 15) is 4.79 Å². The first-order valence-electron chi connectivity index (χ1n) is 7.19. The monoisotopic (exact) mass is 273 g/mol. The van der Waals surface area contributed by atoms with Gasteiger partial charge in [-0.3, -0.25) is 4.79 Å². The highest BCUT2D eigenvalue weighted by atomic mass is 16.1. The minimum Gasteiger partial charge on any atom is -0.326 e. The summed E-state index contributed by atoms with van der Waals surface area (Å²) in [7, 11) is 0. The highest BCUT2D eigenvalue weighted by molar-refractivity contribution is 6.01. The smallest absolute Gasteiger partial charge is 0.225 e. The molecule has 21 heavy (non-hydrogen) atoms. The number of benzene rings is 3. The van der Waals surface area contributed by atoms with Gasteiger partial charge in [0.1, 0.15) is 0 Å². The van der Waals surface area contributed by atoms with Crippen molar-refractivity contribution >= 4 is 22.4 Å². The minimum absolute atomic E-state index is 0.0895. The molecule has 2 nitrogen and oxygen atoms in total. The second kappa shape index (κ2) is 4.74. The molecule has 0 aromatic heterocycles. The molecule has 1 atom stereocenters. The molecule has 3 aromatic carbocycles. The Labute approximate surface area is 123 Å². The van der Waals surface area contributed by atoms with Gasteiger partial charge in [-0.05, 0) is 28.0 Å². The Balaban J connectivity index is 2.00. The lowest BCUT2D eigenvalue weighted by Gasteiger charge is -2.27. The van der Waals surface area contributed by atoms with Gasteiger partial charge in [-0.1, -0.05) is 60.7 Å². The van der Waals surface area contributed by atoms with Crippen LogP contribution in [0.25, 0.3) is 10.8 Å². The molecule has 1 N–H and O–H groups in total. The quantitative estimate of drug-likeness (QED) is 0.703. The van der Waals surface area contributed by atoms with Gasteiger partial charge >= 0.3 is 0 Å². The van der Waals surface area contributed by atoms with Crippen molar-refractivity contribution in [3.8, 4) is 0 Å². The molecule has 3 aromatic rings. The van der Waals surface area contributed by atoms with Crippen LogP contribution in [0.3, 0.4) is 0 Å². The van der Waals surface area contributed by atoms with Gasteiger partial charge in [-0.2, -0.15) is 0 Å². The number of hydrogen-bond donors (Lipinski definition) is 1. The second-order valence-electron chi connectivity index (χ2n) is 5.46. The number of carbonyl (C=O) groups is 1. The molecule has 1 amide bonds. The molecule has 1 aliphatic rings. The summed E-state index contributed by atoms with van der Waals surface area (Å²) in [5.41, 5.74) is 3.38. The molecule has 0 bridgehead atoms. The molecule has 2 heteroatoms. The summed E-state index contributed by atoms with van der Waals surface area (Å²) in [6.45, 7) is 0. The fraction of sp³-hybridized carbons (Fsp3) is 0.105. The number of nitrogens with one attached hydrogen (secondary N) is 1. The van der Waals surface area contributed by atoms with E-state index in [-0.39, 0.29) is 11.8 Å². The van der Waals surface area contributed by atoms with Crippen LogP contribution in [0.4, 0.5) is 5.69 Å². The number of carbonyl (C=O) groups excluding carboxylic acids is 1. The van der Waals surface area contributed by atoms with Crippen molar-refractivity contribution in [3.63, 3.8) is 0 Å². The molecule has 0 saturated carbocycles. The average Bonchev–Trinajstić information content (AvgIpc) is 2.54. The Kier molecular flexibility index (Phi) is 2.74. The van der Waals surface area contributed by atoms with E-state index in [1.165, 1.54) is 21.9 Å². The van der Waals surface area contributed by atoms with Gasteiger partial charge < -0.3 is 5.32 Å². The van der Waals surface area contributed by atoms with Crippen molar-refractivity contribution in [3.05, 3.63) is 77.9 Å². The highest BCUT2D eigenvalue weighted by Crippen LogP contribution is 2.41. The van der Waals surface area contributed by atoms with E-state index in [0.29, 0.717) is 6.42 Å². The second-order valence-corrected chi connectivity index (χ2v) is 5.46. The predicted octanol–water partition coefficient (Wildman–Crippen LogP) is 4.31. The maximum Gasteiger partial charge on any atom is 0.225 e. The Morgan fingerprint density at radius 2 is 1.62 bits per heavy atom. The maximum atomic E-state index is 12.0. The molecule has 102 valence electrons. The lowest BCUT2D eigenvalue weighted by molar-refractivity contribution is -0.116. The van der Waals surface area contributed by atoms with E-state index >= 15 is 0 Å². The molecule has 0 unspecified atom stereocenters. The summed E-state index contributed by atoms with van der Waals surface area (Å²) >= 11 is 0. The van der Waals surface area contributed by atoms with E-state index in [1.54, 1.807) is 0 Å². The van der Waals surface area contributed by atoms with Crippen LogP contribution in [-0.2, 0) is 4.79 Å². The van der Waals surface area contributed by atoms with Gasteiger partial charge in [0.25, 0.3) is 0 Å². The van der Waals surface area contributed by atoms with E-state index in [4.69, 9.17) is 0 Å². The van der Waals surface area contributed by atoms with Crippen molar-refractivity contribution in [1.82, 2.24) is 0 Å². The first-order chi connectivity index (χ1) is 10.3. The van der Waals surface area contributed by atoms with Crippen LogP contribution in [0.15, 0.2) is 66.7 Å². The molecular formula is C19H15NO. The number of anilines is 1. The first-order valence-corrected chi connectivity index (χ1v) is 7.19. The van der Waals surface area contributed by atoms with Crippen molar-refractivity contribution in [2.24, 2.45) is 0 Å². The van der Waals surface area contributed by atoms with Crippen molar-refractivity contribution < 1.29 is 4.79 Å². The number of amides is 1. The largest absolute Gasteiger partial charge is 0.326 e. The van der Waals surface area contributed by atoms with E-state index in [2.05, 4.69) is 41.7 Å². The fourth-order valence-electron chi connectivity index (χ4n) is 3.24. The van der Waals surface area contributed by atoms with Crippen molar-refractivity contribution in [2.45, 2.75) is 12.3 Å². The molecule has 0 fully saturated rings. The Morgan fingerprint density at radius 3 is 2.48 bits per heavy atom. The number of rotatable bonds is 1. The van der Waals surface area contributed by atoms with Crippen LogP contribution in [0.5, 0.6) is 0 Å². The fourth-order valence-corrected chi connectivity index (χ4v) is 3.24. The maximum absolute atomic E-state index is 12.0. The summed E-state index contributed by atoms with van der Waals surface area (Å²) in [6.07, 6.45) is 0.505. The molecule has 0 saturated heterocycles. The van der Waals surface area contributed by atoms with E-state index in [0.717, 1.165) is 5.69 Å². The molecule has 0 aliphatic carbocycles. The van der Waals surface area contributed by atoms with Gasteiger partial charge in [0.05, 0.1) is 0 Å². The van der Waals surface area contributed by atoms with Gasteiger partial charge in [0.15, 0.2) is 0 Å². The first kappa shape index (κ1) is 12.2. The van der Waals surface area contributed by atoms with Crippen LogP contribution in [0.1, 0.15) is 23.5 Å². The lowest BCUT2D eigenvalue weighted by atomic mass is 9.82. The van der Waals surface area contributed by atoms with Crippen LogP contribution < -0.4 is 5.32 Å². The predicted molar refractivity (Wildman–Crippen MR) is 85.5 cm³/mol. The average molecular weight is 273 g/mol. The lowest BCUT2D eigenvalue weighted by Crippen LogP contribution is -2.23. The van der Waals surface area contributed by atoms with Gasteiger partial charge in [0, 0.05) is 18.0 Å². The number of fused-ring (bicyclic) bond motifs is 3. The molecule has 4 rings (SSSR count). The van der Waals surface area contributed by atoms with Gasteiger partial charge in [-0.25, -0.2) is 0 Å². The molecule has 0 spiro atoms. The van der Waals surface area contributed by atoms with Gasteiger partial charge in [0.2, 0.25) is 5.91 Å². The zero-order valence-corrected chi connectivity index (χ0v) is 11.5. The number of hydrogen-bond acceptors (Lipinski definition) is 1. The summed E-state index contributed by atoms with van der Waals surface area (Å²) in [6, 6.07) is 22.7. The van der Waals surface area contributed by atoms with Crippen molar-refractivity contribution in [2.75, 3.05) is 5.32 Å². The summed E-state index contributed by atoms with van der Waals surface area (Å²) in [4.78, 5) is 12.0. The Bertz CT molecular complexity index is 823. The third-order valence-electron chi connectivity index (χ3n) is 4.18. The third kappa shape index (κ3) is 2.00. The Hall–Kier alpha value is -2.61.